The van der Waals surface area contributed by atoms with Crippen molar-refractivity contribution in [3.05, 3.63) is 41.5 Å². The molecule has 0 radical (unpaired) electrons. The molecular formula is C12H14FN. The molecule has 0 atom stereocenters. The molecule has 0 spiro atoms. The van der Waals surface area contributed by atoms with Crippen LogP contribution < -0.4 is 0 Å². The molecule has 2 heteroatoms. The quantitative estimate of drug-likeness (QED) is 0.649. The highest BCUT2D eigenvalue weighted by atomic mass is 19.1. The van der Waals surface area contributed by atoms with Crippen molar-refractivity contribution in [2.75, 3.05) is 0 Å². The molecule has 0 saturated carbocycles. The van der Waals surface area contributed by atoms with Crippen LogP contribution in [0.5, 0.6) is 0 Å². The molecular weight excluding hydrogens is 177 g/mol. The molecule has 1 nitrogen and oxygen atoms in total. The Kier molecular flexibility index (Phi) is 2.06. The van der Waals surface area contributed by atoms with Crippen LogP contribution in [-0.4, -0.2) is 4.40 Å². The first-order valence-electron chi connectivity index (χ1n) is 4.87. The molecule has 2 aromatic rings. The van der Waals surface area contributed by atoms with Crippen LogP contribution in [-0.2, 0) is 0 Å². The maximum Gasteiger partial charge on any atom is 0.150 e. The molecule has 2 aromatic heterocycles. The summed E-state index contributed by atoms with van der Waals surface area (Å²) in [4.78, 5) is 0. The van der Waals surface area contributed by atoms with Crippen LogP contribution in [0.25, 0.3) is 5.52 Å². The zero-order valence-corrected chi connectivity index (χ0v) is 8.71. The lowest BCUT2D eigenvalue weighted by Gasteiger charge is -2.12. The minimum atomic E-state index is -0.0961. The molecule has 0 aliphatic rings. The second kappa shape index (κ2) is 3.12. The lowest BCUT2D eigenvalue weighted by molar-refractivity contribution is 0.616. The number of hydrogen-bond acceptors (Lipinski definition) is 0. The SMILES string of the molecule is Cc1c(C(C)C)cn2cccc2c1F. The van der Waals surface area contributed by atoms with Crippen LogP contribution in [0.1, 0.15) is 30.9 Å². The van der Waals surface area contributed by atoms with Gasteiger partial charge >= 0.3 is 0 Å². The van der Waals surface area contributed by atoms with E-state index in [1.54, 1.807) is 6.07 Å². The third-order valence-electron chi connectivity index (χ3n) is 2.67. The monoisotopic (exact) mass is 191 g/mol. The first kappa shape index (κ1) is 9.25. The number of fused-ring (bicyclic) bond motifs is 1. The highest BCUT2D eigenvalue weighted by Crippen LogP contribution is 2.24. The number of nitrogens with zero attached hydrogens (tertiary/aromatic N) is 1. The van der Waals surface area contributed by atoms with Crippen LogP contribution in [0.3, 0.4) is 0 Å². The standard InChI is InChI=1S/C12H14FN/c1-8(2)10-7-14-6-4-5-11(14)12(13)9(10)3/h4-8H,1-3H3. The first-order valence-corrected chi connectivity index (χ1v) is 4.87. The molecule has 0 aliphatic heterocycles. The summed E-state index contributed by atoms with van der Waals surface area (Å²) in [7, 11) is 0. The molecule has 2 rings (SSSR count). The maximum atomic E-state index is 13.8. The third kappa shape index (κ3) is 1.22. The topological polar surface area (TPSA) is 4.41 Å². The van der Waals surface area contributed by atoms with Crippen molar-refractivity contribution >= 4 is 5.52 Å². The largest absolute Gasteiger partial charge is 0.321 e. The third-order valence-corrected chi connectivity index (χ3v) is 2.67. The molecule has 0 amide bonds. The van der Waals surface area contributed by atoms with Gasteiger partial charge in [-0.15, -0.1) is 0 Å². The zero-order chi connectivity index (χ0) is 10.3. The van der Waals surface area contributed by atoms with Gasteiger partial charge in [-0.05, 0) is 36.1 Å². The van der Waals surface area contributed by atoms with E-state index in [4.69, 9.17) is 0 Å². The fourth-order valence-corrected chi connectivity index (χ4v) is 1.84. The van der Waals surface area contributed by atoms with Crippen LogP contribution >= 0.6 is 0 Å². The van der Waals surface area contributed by atoms with Gasteiger partial charge in [0.2, 0.25) is 0 Å². The summed E-state index contributed by atoms with van der Waals surface area (Å²) in [5, 5.41) is 0. The van der Waals surface area contributed by atoms with E-state index < -0.39 is 0 Å². The Morgan fingerprint density at radius 3 is 2.71 bits per heavy atom. The predicted octanol–water partition coefficient (Wildman–Crippen LogP) is 3.51. The Balaban J connectivity index is 2.80. The van der Waals surface area contributed by atoms with E-state index in [1.165, 1.54) is 0 Å². The average Bonchev–Trinajstić information content (AvgIpc) is 2.58. The highest BCUT2D eigenvalue weighted by Gasteiger charge is 2.11. The maximum absolute atomic E-state index is 13.8. The summed E-state index contributed by atoms with van der Waals surface area (Å²) in [5.74, 6) is 0.262. The minimum Gasteiger partial charge on any atom is -0.321 e. The van der Waals surface area contributed by atoms with E-state index in [2.05, 4.69) is 13.8 Å². The molecule has 0 N–H and O–H groups in total. The Hall–Kier alpha value is -1.31. The van der Waals surface area contributed by atoms with Gasteiger partial charge in [-0.3, -0.25) is 0 Å². The molecule has 0 unspecified atom stereocenters. The zero-order valence-electron chi connectivity index (χ0n) is 8.71. The minimum absolute atomic E-state index is 0.0961. The summed E-state index contributed by atoms with van der Waals surface area (Å²) in [6.07, 6.45) is 3.89. The van der Waals surface area contributed by atoms with Gasteiger partial charge in [0.05, 0.1) is 5.52 Å². The van der Waals surface area contributed by atoms with Gasteiger partial charge in [0, 0.05) is 12.4 Å². The van der Waals surface area contributed by atoms with Gasteiger partial charge in [0.25, 0.3) is 0 Å². The van der Waals surface area contributed by atoms with Gasteiger partial charge in [-0.25, -0.2) is 4.39 Å². The van der Waals surface area contributed by atoms with Crippen LogP contribution in [0.15, 0.2) is 24.5 Å². The second-order valence-electron chi connectivity index (χ2n) is 3.98. The summed E-state index contributed by atoms with van der Waals surface area (Å²) in [5.41, 5.74) is 2.50. The molecule has 14 heavy (non-hydrogen) atoms. The summed E-state index contributed by atoms with van der Waals surface area (Å²) >= 11 is 0. The first-order chi connectivity index (χ1) is 6.61. The second-order valence-corrected chi connectivity index (χ2v) is 3.98. The summed E-state index contributed by atoms with van der Waals surface area (Å²) in [6, 6.07) is 3.66. The highest BCUT2D eigenvalue weighted by molar-refractivity contribution is 5.53. The van der Waals surface area contributed by atoms with Gasteiger partial charge < -0.3 is 4.40 Å². The molecule has 0 saturated heterocycles. The number of halogens is 1. The van der Waals surface area contributed by atoms with Crippen LogP contribution in [0.4, 0.5) is 4.39 Å². The van der Waals surface area contributed by atoms with Crippen LogP contribution in [0.2, 0.25) is 0 Å². The molecule has 0 bridgehead atoms. The Labute approximate surface area is 83.2 Å². The fraction of sp³-hybridized carbons (Fsp3) is 0.333. The lowest BCUT2D eigenvalue weighted by Crippen LogP contribution is -2.00. The van der Waals surface area contributed by atoms with E-state index in [0.717, 1.165) is 11.1 Å². The van der Waals surface area contributed by atoms with Crippen molar-refractivity contribution in [1.82, 2.24) is 4.40 Å². The fourth-order valence-electron chi connectivity index (χ4n) is 1.84. The van der Waals surface area contributed by atoms with Gasteiger partial charge in [-0.1, -0.05) is 13.8 Å². The molecule has 0 aliphatic carbocycles. The lowest BCUT2D eigenvalue weighted by atomic mass is 10.00. The summed E-state index contributed by atoms with van der Waals surface area (Å²) in [6.45, 7) is 6.01. The Bertz CT molecular complexity index is 468. The smallest absolute Gasteiger partial charge is 0.150 e. The van der Waals surface area contributed by atoms with Gasteiger partial charge in [-0.2, -0.15) is 0 Å². The van der Waals surface area contributed by atoms with Crippen molar-refractivity contribution < 1.29 is 4.39 Å². The molecule has 0 fully saturated rings. The van der Waals surface area contributed by atoms with Crippen molar-refractivity contribution in [3.8, 4) is 0 Å². The normalized spacial score (nSPS) is 11.5. The number of hydrogen-bond donors (Lipinski definition) is 0. The van der Waals surface area contributed by atoms with Crippen molar-refractivity contribution in [2.45, 2.75) is 26.7 Å². The van der Waals surface area contributed by atoms with E-state index >= 15 is 0 Å². The Morgan fingerprint density at radius 2 is 2.07 bits per heavy atom. The summed E-state index contributed by atoms with van der Waals surface area (Å²) < 4.78 is 15.7. The number of pyridine rings is 1. The van der Waals surface area contributed by atoms with E-state index in [9.17, 15) is 4.39 Å². The average molecular weight is 191 g/mol. The number of rotatable bonds is 1. The Morgan fingerprint density at radius 1 is 1.36 bits per heavy atom. The van der Waals surface area contributed by atoms with Crippen molar-refractivity contribution in [3.63, 3.8) is 0 Å². The molecule has 0 aromatic carbocycles. The number of aromatic nitrogens is 1. The molecule has 74 valence electrons. The predicted molar refractivity (Wildman–Crippen MR) is 56.2 cm³/mol. The van der Waals surface area contributed by atoms with E-state index in [0.29, 0.717) is 11.4 Å². The van der Waals surface area contributed by atoms with E-state index in [-0.39, 0.29) is 5.82 Å². The molecule has 2 heterocycles. The van der Waals surface area contributed by atoms with E-state index in [1.807, 2.05) is 29.8 Å². The van der Waals surface area contributed by atoms with Gasteiger partial charge in [0.1, 0.15) is 5.82 Å². The van der Waals surface area contributed by atoms with Crippen molar-refractivity contribution in [2.24, 2.45) is 0 Å². The van der Waals surface area contributed by atoms with Crippen molar-refractivity contribution in [1.29, 1.82) is 0 Å². The van der Waals surface area contributed by atoms with Gasteiger partial charge in [0.15, 0.2) is 0 Å². The van der Waals surface area contributed by atoms with Crippen LogP contribution in [0, 0.1) is 12.7 Å².